The maximum absolute atomic E-state index is 8.41. The second-order valence-electron chi connectivity index (χ2n) is 2.33. The number of nitrogens with zero attached hydrogens (tertiary/aromatic N) is 1. The van der Waals surface area contributed by atoms with Crippen LogP contribution in [-0.2, 0) is 0 Å². The summed E-state index contributed by atoms with van der Waals surface area (Å²) >= 11 is 0. The molecule has 0 heterocycles. The van der Waals surface area contributed by atoms with Gasteiger partial charge in [-0.3, -0.25) is 0 Å². The molecule has 0 aromatic rings. The fourth-order valence-corrected chi connectivity index (χ4v) is 1.03. The Hall–Kier alpha value is -0.790. The SMILES string of the molecule is CC1=CCCCC1=NO. The number of hydrogen-bond acceptors (Lipinski definition) is 2. The van der Waals surface area contributed by atoms with E-state index in [2.05, 4.69) is 11.2 Å². The maximum Gasteiger partial charge on any atom is 0.0821 e. The fraction of sp³-hybridized carbons (Fsp3) is 0.571. The van der Waals surface area contributed by atoms with E-state index in [4.69, 9.17) is 5.21 Å². The van der Waals surface area contributed by atoms with E-state index in [1.165, 1.54) is 0 Å². The number of oxime groups is 1. The van der Waals surface area contributed by atoms with Gasteiger partial charge >= 0.3 is 0 Å². The fourth-order valence-electron chi connectivity index (χ4n) is 1.03. The molecule has 0 fully saturated rings. The first-order valence-corrected chi connectivity index (χ1v) is 3.22. The minimum atomic E-state index is 0.848. The lowest BCUT2D eigenvalue weighted by Gasteiger charge is -2.08. The van der Waals surface area contributed by atoms with E-state index in [9.17, 15) is 0 Å². The quantitative estimate of drug-likeness (QED) is 0.389. The van der Waals surface area contributed by atoms with Crippen molar-refractivity contribution in [2.45, 2.75) is 26.2 Å². The molecule has 2 heteroatoms. The van der Waals surface area contributed by atoms with Crippen LogP contribution >= 0.6 is 0 Å². The molecule has 2 nitrogen and oxygen atoms in total. The van der Waals surface area contributed by atoms with Crippen LogP contribution in [0.4, 0.5) is 0 Å². The molecule has 1 aliphatic rings. The van der Waals surface area contributed by atoms with Crippen LogP contribution in [0.25, 0.3) is 0 Å². The number of allylic oxidation sites excluding steroid dienone is 2. The lowest BCUT2D eigenvalue weighted by Crippen LogP contribution is -2.04. The second kappa shape index (κ2) is 2.67. The molecule has 0 atom stereocenters. The Kier molecular flexibility index (Phi) is 1.88. The third-order valence-corrected chi connectivity index (χ3v) is 1.64. The van der Waals surface area contributed by atoms with Gasteiger partial charge in [-0.15, -0.1) is 0 Å². The highest BCUT2D eigenvalue weighted by atomic mass is 16.4. The van der Waals surface area contributed by atoms with Crippen LogP contribution < -0.4 is 0 Å². The van der Waals surface area contributed by atoms with Gasteiger partial charge in [0.25, 0.3) is 0 Å². The highest BCUT2D eigenvalue weighted by Gasteiger charge is 2.06. The molecule has 9 heavy (non-hydrogen) atoms. The topological polar surface area (TPSA) is 32.6 Å². The van der Waals surface area contributed by atoms with Gasteiger partial charge in [0.1, 0.15) is 0 Å². The van der Waals surface area contributed by atoms with Crippen molar-refractivity contribution in [2.24, 2.45) is 5.16 Å². The van der Waals surface area contributed by atoms with E-state index >= 15 is 0 Å². The van der Waals surface area contributed by atoms with Crippen LogP contribution in [0.2, 0.25) is 0 Å². The molecule has 1 N–H and O–H groups in total. The van der Waals surface area contributed by atoms with E-state index in [0.717, 1.165) is 30.5 Å². The predicted octanol–water partition coefficient (Wildman–Crippen LogP) is 1.95. The molecular formula is C7H11NO. The number of hydrogen-bond donors (Lipinski definition) is 1. The van der Waals surface area contributed by atoms with Gasteiger partial charge in [0.2, 0.25) is 0 Å². The van der Waals surface area contributed by atoms with Crippen molar-refractivity contribution in [3.63, 3.8) is 0 Å². The second-order valence-corrected chi connectivity index (χ2v) is 2.33. The standard InChI is InChI=1S/C7H11NO/c1-6-4-2-3-5-7(6)8-9/h4,9H,2-3,5H2,1H3. The van der Waals surface area contributed by atoms with E-state index in [0.29, 0.717) is 0 Å². The largest absolute Gasteiger partial charge is 0.411 e. The molecule has 0 spiro atoms. The van der Waals surface area contributed by atoms with Gasteiger partial charge in [-0.1, -0.05) is 11.2 Å². The highest BCUT2D eigenvalue weighted by Crippen LogP contribution is 2.13. The zero-order valence-electron chi connectivity index (χ0n) is 5.59. The van der Waals surface area contributed by atoms with Crippen LogP contribution in [0.3, 0.4) is 0 Å². The Morgan fingerprint density at radius 3 is 2.89 bits per heavy atom. The van der Waals surface area contributed by atoms with Crippen LogP contribution in [0.5, 0.6) is 0 Å². The highest BCUT2D eigenvalue weighted by molar-refractivity contribution is 5.99. The average molecular weight is 125 g/mol. The van der Waals surface area contributed by atoms with E-state index in [1.807, 2.05) is 6.92 Å². The molecule has 0 radical (unpaired) electrons. The summed E-state index contributed by atoms with van der Waals surface area (Å²) in [6.07, 6.45) is 5.29. The Morgan fingerprint density at radius 1 is 1.67 bits per heavy atom. The molecule has 0 bridgehead atoms. The summed E-state index contributed by atoms with van der Waals surface area (Å²) in [5.74, 6) is 0. The summed E-state index contributed by atoms with van der Waals surface area (Å²) in [6, 6.07) is 0. The zero-order chi connectivity index (χ0) is 6.69. The molecule has 0 saturated heterocycles. The van der Waals surface area contributed by atoms with Gasteiger partial charge in [0.05, 0.1) is 5.71 Å². The summed E-state index contributed by atoms with van der Waals surface area (Å²) in [5.41, 5.74) is 1.98. The summed E-state index contributed by atoms with van der Waals surface area (Å²) in [6.45, 7) is 1.98. The van der Waals surface area contributed by atoms with E-state index in [1.54, 1.807) is 0 Å². The Bertz CT molecular complexity index is 158. The van der Waals surface area contributed by atoms with Crippen LogP contribution in [0.15, 0.2) is 16.8 Å². The maximum atomic E-state index is 8.41. The average Bonchev–Trinajstić information content (AvgIpc) is 1.89. The molecule has 50 valence electrons. The van der Waals surface area contributed by atoms with Crippen molar-refractivity contribution in [1.82, 2.24) is 0 Å². The Balaban J connectivity index is 2.73. The first-order chi connectivity index (χ1) is 4.34. The van der Waals surface area contributed by atoms with Gasteiger partial charge in [-0.25, -0.2) is 0 Å². The van der Waals surface area contributed by atoms with Crippen molar-refractivity contribution in [1.29, 1.82) is 0 Å². The third-order valence-electron chi connectivity index (χ3n) is 1.64. The van der Waals surface area contributed by atoms with Crippen molar-refractivity contribution >= 4 is 5.71 Å². The van der Waals surface area contributed by atoms with Crippen LogP contribution in [-0.4, -0.2) is 10.9 Å². The Labute approximate surface area is 54.9 Å². The third kappa shape index (κ3) is 1.31. The molecule has 0 saturated carbocycles. The lowest BCUT2D eigenvalue weighted by molar-refractivity contribution is 0.317. The molecule has 1 rings (SSSR count). The van der Waals surface area contributed by atoms with Crippen molar-refractivity contribution < 1.29 is 5.21 Å². The van der Waals surface area contributed by atoms with Crippen molar-refractivity contribution in [3.8, 4) is 0 Å². The smallest absolute Gasteiger partial charge is 0.0821 e. The van der Waals surface area contributed by atoms with Crippen molar-refractivity contribution in [2.75, 3.05) is 0 Å². The van der Waals surface area contributed by atoms with E-state index in [-0.39, 0.29) is 0 Å². The first-order valence-electron chi connectivity index (χ1n) is 3.22. The summed E-state index contributed by atoms with van der Waals surface area (Å²) in [7, 11) is 0. The molecule has 0 unspecified atom stereocenters. The molecule has 0 aromatic carbocycles. The normalized spacial score (nSPS) is 24.1. The van der Waals surface area contributed by atoms with Crippen molar-refractivity contribution in [3.05, 3.63) is 11.6 Å². The van der Waals surface area contributed by atoms with Gasteiger partial charge in [-0.2, -0.15) is 0 Å². The lowest BCUT2D eigenvalue weighted by atomic mass is 9.99. The first kappa shape index (κ1) is 6.33. The minimum absolute atomic E-state index is 0.848. The summed E-state index contributed by atoms with van der Waals surface area (Å²) in [4.78, 5) is 0. The molecular weight excluding hydrogens is 114 g/mol. The van der Waals surface area contributed by atoms with Crippen LogP contribution in [0.1, 0.15) is 26.2 Å². The summed E-state index contributed by atoms with van der Waals surface area (Å²) < 4.78 is 0. The number of rotatable bonds is 0. The van der Waals surface area contributed by atoms with Gasteiger partial charge in [0, 0.05) is 0 Å². The monoisotopic (exact) mass is 125 g/mol. The predicted molar refractivity (Wildman–Crippen MR) is 36.8 cm³/mol. The van der Waals surface area contributed by atoms with Gasteiger partial charge in [-0.05, 0) is 31.8 Å². The minimum Gasteiger partial charge on any atom is -0.411 e. The molecule has 0 aromatic heterocycles. The van der Waals surface area contributed by atoms with Gasteiger partial charge < -0.3 is 5.21 Å². The summed E-state index contributed by atoms with van der Waals surface area (Å²) in [5, 5.41) is 11.6. The van der Waals surface area contributed by atoms with Crippen LogP contribution in [0, 0.1) is 0 Å². The zero-order valence-corrected chi connectivity index (χ0v) is 5.59. The molecule has 1 aliphatic carbocycles. The molecule has 0 aliphatic heterocycles. The van der Waals surface area contributed by atoms with Gasteiger partial charge in [0.15, 0.2) is 0 Å². The van der Waals surface area contributed by atoms with E-state index < -0.39 is 0 Å². The Morgan fingerprint density at radius 2 is 2.44 bits per heavy atom. The molecule has 0 amide bonds.